The molecule has 37 nitrogen and oxygen atoms in total. The first-order chi connectivity index (χ1) is 58.6. The Labute approximate surface area is 716 Å². The van der Waals surface area contributed by atoms with Crippen LogP contribution in [0, 0.1) is 0 Å². The molecule has 0 bridgehead atoms. The lowest BCUT2D eigenvalue weighted by atomic mass is 10.1. The van der Waals surface area contributed by atoms with Crippen LogP contribution < -0.4 is 48.7 Å². The summed E-state index contributed by atoms with van der Waals surface area (Å²) in [4.78, 5) is 108. The van der Waals surface area contributed by atoms with E-state index in [4.69, 9.17) is 104 Å². The highest BCUT2D eigenvalue weighted by Crippen LogP contribution is 2.35. The van der Waals surface area contributed by atoms with Crippen molar-refractivity contribution in [2.24, 2.45) is 32.9 Å². The molecule has 0 radical (unpaired) electrons. The second-order valence-electron chi connectivity index (χ2n) is 28.3. The number of nitrogens with two attached hydrogens (primary N) is 4. The number of aliphatic carboxylic acids is 2. The quantitative estimate of drug-likeness (QED) is 0.0145. The SMILES string of the molecule is CC(=O)CCCOCCOCCNC(=O)NCCOCCOCCOCCN1CCN(c2cccc(-c3nc(N=C(N)N)nc4ccc(Cl)cc34)c2)CC1.CN(CCN(CC(=O)O)CC(=O)NCCOCCOCCCC(=O)CCCOCCOCCOCCN1CCN(c2cccc(-c3nc(N=C(N)N)nc4ccc(Cl)cc34)c2)CC1)CC(=O)O. The third-order valence-corrected chi connectivity index (χ3v) is 19.1. The van der Waals surface area contributed by atoms with Crippen LogP contribution in [0.2, 0.25) is 10.0 Å². The standard InChI is InChI=1S/C45H67ClN10O11.C37H54ClN9O7/c1-53(32-41(59)60)12-13-55(33-42(61)62)31-40(58)49-11-21-65-25-23-63-19-3-7-37(57)8-4-20-64-24-27-67-28-26-66-22-18-54-14-16-56(17-15-54)36-6-2-5-34(29-36)43-38-30-35(46)9-10-39(38)50-45(51-43)52-44(47)48;1-28(48)4-3-16-50-20-21-51-17-9-41-37(49)42-10-18-52-22-24-54-25-23-53-19-15-46-11-13-47(14-12-46)31-6-2-5-29(26-31)34-32-27-30(38)7-8-33(32)43-36(44-34)45-35(39)40/h2,5-6,9-10,29-30H,3-4,7-8,11-28,31-33H2,1H3,(H,49,58)(H,59,60)(H,61,62)(H4,47,48,50,51,52);2,5-8,26-27H,3-4,9-25H2,1H3,(H2,41,42,49)(H4,39,40,43,44,45). The number of carbonyl (C=O) groups is 6. The molecule has 2 fully saturated rings. The van der Waals surface area contributed by atoms with Crippen molar-refractivity contribution in [3.8, 4) is 22.5 Å². The number of rotatable bonds is 60. The number of likely N-dealkylation sites (N-methyl/N-ethyl adjacent to an activating group) is 1. The van der Waals surface area contributed by atoms with Gasteiger partial charge in [0.25, 0.3) is 11.9 Å². The summed E-state index contributed by atoms with van der Waals surface area (Å²) in [6, 6.07) is 27.2. The number of carboxylic acids is 2. The number of nitrogens with one attached hydrogen (secondary N) is 3. The van der Waals surface area contributed by atoms with Crippen LogP contribution in [-0.2, 0) is 71.3 Å². The van der Waals surface area contributed by atoms with Crippen LogP contribution in [0.5, 0.6) is 0 Å². The van der Waals surface area contributed by atoms with Crippen molar-refractivity contribution < 1.29 is 86.3 Å². The summed E-state index contributed by atoms with van der Waals surface area (Å²) >= 11 is 12.7. The molecule has 0 aliphatic carbocycles. The first-order valence-corrected chi connectivity index (χ1v) is 41.6. The van der Waals surface area contributed by atoms with Crippen LogP contribution in [0.3, 0.4) is 0 Å². The van der Waals surface area contributed by atoms with Crippen LogP contribution >= 0.6 is 23.2 Å². The van der Waals surface area contributed by atoms with Crippen molar-refractivity contribution in [2.75, 3.05) is 267 Å². The molecule has 39 heteroatoms. The van der Waals surface area contributed by atoms with Crippen LogP contribution in [-0.4, -0.2) is 354 Å². The molecule has 2 aliphatic heterocycles. The summed E-state index contributed by atoms with van der Waals surface area (Å²) in [6.07, 6.45) is 3.39. The summed E-state index contributed by atoms with van der Waals surface area (Å²) in [5.41, 5.74) is 29.3. The van der Waals surface area contributed by atoms with E-state index in [0.29, 0.717) is 210 Å². The number of aliphatic imine (C=N–C) groups is 2. The second-order valence-corrected chi connectivity index (χ2v) is 29.2. The smallest absolute Gasteiger partial charge is 0.317 e. The van der Waals surface area contributed by atoms with E-state index in [1.165, 1.54) is 9.80 Å². The molecule has 666 valence electrons. The Morgan fingerprint density at radius 2 is 0.826 bits per heavy atom. The van der Waals surface area contributed by atoms with E-state index in [1.807, 2.05) is 48.5 Å². The van der Waals surface area contributed by atoms with Crippen LogP contribution in [0.1, 0.15) is 45.4 Å². The number of guanidine groups is 2. The van der Waals surface area contributed by atoms with E-state index in [2.05, 4.69) is 89.7 Å². The van der Waals surface area contributed by atoms with Gasteiger partial charge in [-0.05, 0) is 93.9 Å². The number of benzene rings is 4. The number of hydrogen-bond donors (Lipinski definition) is 9. The Morgan fingerprint density at radius 1 is 0.446 bits per heavy atom. The topological polar surface area (TPSA) is 471 Å². The lowest BCUT2D eigenvalue weighted by Gasteiger charge is -2.36. The Bertz CT molecular complexity index is 4160. The molecule has 2 aromatic heterocycles. The molecule has 2 saturated heterocycles. The van der Waals surface area contributed by atoms with Crippen molar-refractivity contribution >= 4 is 116 Å². The van der Waals surface area contributed by atoms with Crippen molar-refractivity contribution in [1.82, 2.24) is 55.5 Å². The molecule has 13 N–H and O–H groups in total. The number of halogens is 2. The van der Waals surface area contributed by atoms with Gasteiger partial charge in [-0.2, -0.15) is 9.98 Å². The van der Waals surface area contributed by atoms with Gasteiger partial charge >= 0.3 is 18.0 Å². The van der Waals surface area contributed by atoms with E-state index >= 15 is 0 Å². The first kappa shape index (κ1) is 98.8. The number of urea groups is 1. The number of carbonyl (C=O) groups excluding carboxylic acids is 4. The minimum atomic E-state index is -1.08. The number of nitrogens with zero attached hydrogens (tertiary/aromatic N) is 12. The van der Waals surface area contributed by atoms with E-state index in [-0.39, 0.29) is 86.7 Å². The van der Waals surface area contributed by atoms with Crippen molar-refractivity contribution in [1.29, 1.82) is 0 Å². The van der Waals surface area contributed by atoms with Gasteiger partial charge in [0.05, 0.1) is 154 Å². The monoisotopic (exact) mass is 1730 g/mol. The normalized spacial score (nSPS) is 13.2. The number of aromatic nitrogens is 4. The molecular formula is C82H121Cl2N19O18. The third-order valence-electron chi connectivity index (χ3n) is 18.7. The number of amides is 3. The van der Waals surface area contributed by atoms with E-state index in [9.17, 15) is 28.8 Å². The molecular weight excluding hydrogens is 1610 g/mol. The van der Waals surface area contributed by atoms with Gasteiger partial charge in [0.1, 0.15) is 11.6 Å². The predicted octanol–water partition coefficient (Wildman–Crippen LogP) is 4.44. The fourth-order valence-corrected chi connectivity index (χ4v) is 12.9. The predicted molar refractivity (Wildman–Crippen MR) is 463 cm³/mol. The fraction of sp³-hybridized carbons (Fsp3) is 0.561. The zero-order chi connectivity index (χ0) is 86.6. The Morgan fingerprint density at radius 3 is 1.22 bits per heavy atom. The summed E-state index contributed by atoms with van der Waals surface area (Å²) in [5.74, 6) is -1.94. The highest BCUT2D eigenvalue weighted by Gasteiger charge is 2.23. The van der Waals surface area contributed by atoms with Gasteiger partial charge in [-0.1, -0.05) is 47.5 Å². The molecule has 6 aromatic rings. The zero-order valence-electron chi connectivity index (χ0n) is 69.6. The fourth-order valence-electron chi connectivity index (χ4n) is 12.6. The maximum absolute atomic E-state index is 12.2. The van der Waals surface area contributed by atoms with Crippen LogP contribution in [0.4, 0.5) is 28.1 Å². The third kappa shape index (κ3) is 41.4. The average Bonchev–Trinajstić information content (AvgIpc) is 0.785. The van der Waals surface area contributed by atoms with Crippen LogP contribution in [0.25, 0.3) is 44.3 Å². The number of carboxylic acid groups (broad SMARTS) is 2. The lowest BCUT2D eigenvalue weighted by Crippen LogP contribution is -2.47. The number of anilines is 2. The number of piperazine rings is 2. The maximum Gasteiger partial charge on any atom is 0.317 e. The van der Waals surface area contributed by atoms with Gasteiger partial charge in [-0.15, -0.1) is 0 Å². The zero-order valence-corrected chi connectivity index (χ0v) is 71.1. The van der Waals surface area contributed by atoms with Crippen molar-refractivity contribution in [2.45, 2.75) is 45.4 Å². The first-order valence-electron chi connectivity index (χ1n) is 40.9. The molecule has 3 amide bonds. The molecule has 0 unspecified atom stereocenters. The summed E-state index contributed by atoms with van der Waals surface area (Å²) < 4.78 is 55.7. The van der Waals surface area contributed by atoms with Crippen molar-refractivity contribution in [3.05, 3.63) is 95.0 Å². The van der Waals surface area contributed by atoms with E-state index in [1.54, 1.807) is 26.1 Å². The number of fused-ring (bicyclic) bond motifs is 2. The molecule has 4 heterocycles. The van der Waals surface area contributed by atoms with Gasteiger partial charge in [-0.3, -0.25) is 38.8 Å². The average molecular weight is 1730 g/mol. The van der Waals surface area contributed by atoms with Crippen LogP contribution in [0.15, 0.2) is 94.9 Å². The summed E-state index contributed by atoms with van der Waals surface area (Å²) in [7, 11) is 1.61. The minimum Gasteiger partial charge on any atom is -0.480 e. The van der Waals surface area contributed by atoms with Gasteiger partial charge in [0.2, 0.25) is 5.91 Å². The van der Waals surface area contributed by atoms with Gasteiger partial charge in [-0.25, -0.2) is 24.7 Å². The molecule has 8 rings (SSSR count). The van der Waals surface area contributed by atoms with Gasteiger partial charge in [0.15, 0.2) is 11.9 Å². The molecule has 4 aromatic carbocycles. The highest BCUT2D eigenvalue weighted by molar-refractivity contribution is 6.32. The lowest BCUT2D eigenvalue weighted by molar-refractivity contribution is -0.140. The Hall–Kier alpha value is -9.26. The summed E-state index contributed by atoms with van der Waals surface area (Å²) in [6.45, 7) is 20.5. The highest BCUT2D eigenvalue weighted by atomic mass is 35.5. The molecule has 0 saturated carbocycles. The minimum absolute atomic E-state index is 0.107. The number of hydrogen-bond acceptors (Lipinski definition) is 28. The van der Waals surface area contributed by atoms with E-state index < -0.39 is 11.9 Å². The van der Waals surface area contributed by atoms with Gasteiger partial charge < -0.3 is 111 Å². The maximum atomic E-state index is 12.2. The Kier molecular flexibility index (Phi) is 47.3. The summed E-state index contributed by atoms with van der Waals surface area (Å²) in [5, 5.41) is 28.9. The van der Waals surface area contributed by atoms with Gasteiger partial charge in [0, 0.05) is 181 Å². The number of ether oxygens (including phenoxy) is 10. The molecule has 121 heavy (non-hydrogen) atoms. The molecule has 0 spiro atoms. The second kappa shape index (κ2) is 57.9. The molecule has 2 aliphatic rings. The largest absolute Gasteiger partial charge is 0.480 e. The van der Waals surface area contributed by atoms with E-state index in [0.717, 1.165) is 105 Å². The Balaban J connectivity index is 0.000000341. The number of Topliss-reactive ketones (excluding diaryl/α,β-unsaturated/α-hetero) is 2. The number of ketones is 2. The molecule has 0 atom stereocenters. The van der Waals surface area contributed by atoms with Crippen molar-refractivity contribution in [3.63, 3.8) is 0 Å².